The summed E-state index contributed by atoms with van der Waals surface area (Å²) in [5.41, 5.74) is 1.20. The van der Waals surface area contributed by atoms with Crippen LogP contribution in [0.5, 0.6) is 0 Å². The van der Waals surface area contributed by atoms with Crippen LogP contribution in [0.15, 0.2) is 54.6 Å². The van der Waals surface area contributed by atoms with Crippen LogP contribution in [0.3, 0.4) is 0 Å². The number of amides is 1. The third-order valence-corrected chi connectivity index (χ3v) is 4.52. The molecular weight excluding hydrogens is 326 g/mol. The van der Waals surface area contributed by atoms with Crippen LogP contribution in [0.25, 0.3) is 10.9 Å². The molecule has 1 aliphatic rings. The summed E-state index contributed by atoms with van der Waals surface area (Å²) in [5, 5.41) is 3.73. The summed E-state index contributed by atoms with van der Waals surface area (Å²) < 4.78 is 31.0. The van der Waals surface area contributed by atoms with Crippen molar-refractivity contribution in [2.24, 2.45) is 0 Å². The van der Waals surface area contributed by atoms with E-state index in [1.807, 2.05) is 30.3 Å². The van der Waals surface area contributed by atoms with Gasteiger partial charge in [-0.1, -0.05) is 42.5 Å². The molecule has 4 rings (SSSR count). The SMILES string of the molecule is O=C(NC1(c2ccccc2)COC1)c1cc2ccc(C(F)F)cc2[nH]1. The smallest absolute Gasteiger partial charge is 0.268 e. The number of hydrogen-bond acceptors (Lipinski definition) is 2. The molecule has 2 N–H and O–H groups in total. The number of carbonyl (C=O) groups is 1. The zero-order valence-corrected chi connectivity index (χ0v) is 13.3. The Hall–Kier alpha value is -2.73. The molecule has 0 radical (unpaired) electrons. The number of aromatic nitrogens is 1. The molecule has 0 spiro atoms. The Kier molecular flexibility index (Phi) is 3.77. The van der Waals surface area contributed by atoms with Crippen LogP contribution in [-0.2, 0) is 10.3 Å². The predicted molar refractivity (Wildman–Crippen MR) is 89.7 cm³/mol. The van der Waals surface area contributed by atoms with E-state index in [-0.39, 0.29) is 11.5 Å². The Morgan fingerprint density at radius 2 is 1.88 bits per heavy atom. The number of halogens is 2. The first-order valence-electron chi connectivity index (χ1n) is 7.94. The number of carbonyl (C=O) groups excluding carboxylic acids is 1. The second kappa shape index (κ2) is 5.97. The van der Waals surface area contributed by atoms with Gasteiger partial charge in [0.2, 0.25) is 0 Å². The van der Waals surface area contributed by atoms with E-state index in [0.717, 1.165) is 5.56 Å². The fourth-order valence-corrected chi connectivity index (χ4v) is 3.06. The average Bonchev–Trinajstić information content (AvgIpc) is 3.02. The summed E-state index contributed by atoms with van der Waals surface area (Å²) in [5.74, 6) is -0.290. The average molecular weight is 342 g/mol. The van der Waals surface area contributed by atoms with Crippen LogP contribution >= 0.6 is 0 Å². The van der Waals surface area contributed by atoms with Crippen LogP contribution in [0.1, 0.15) is 28.0 Å². The van der Waals surface area contributed by atoms with Gasteiger partial charge < -0.3 is 15.0 Å². The van der Waals surface area contributed by atoms with E-state index in [2.05, 4.69) is 10.3 Å². The Morgan fingerprint density at radius 3 is 2.52 bits per heavy atom. The molecule has 6 heteroatoms. The summed E-state index contributed by atoms with van der Waals surface area (Å²) in [6.07, 6.45) is -2.54. The molecule has 0 atom stereocenters. The second-order valence-electron chi connectivity index (χ2n) is 6.23. The molecule has 0 bridgehead atoms. The Labute approximate surface area is 142 Å². The summed E-state index contributed by atoms with van der Waals surface area (Å²) in [6, 6.07) is 15.6. The highest BCUT2D eigenvalue weighted by molar-refractivity contribution is 5.98. The maximum absolute atomic E-state index is 12.8. The molecule has 0 aliphatic carbocycles. The molecule has 1 aromatic heterocycles. The monoisotopic (exact) mass is 342 g/mol. The zero-order valence-electron chi connectivity index (χ0n) is 13.3. The number of ether oxygens (including phenoxy) is 1. The highest BCUT2D eigenvalue weighted by Gasteiger charge is 2.42. The number of benzene rings is 2. The Morgan fingerprint density at radius 1 is 1.12 bits per heavy atom. The first-order chi connectivity index (χ1) is 12.1. The Bertz CT molecular complexity index is 918. The van der Waals surface area contributed by atoms with Crippen LogP contribution in [0, 0.1) is 0 Å². The molecular formula is C19H16F2N2O2. The highest BCUT2D eigenvalue weighted by Crippen LogP contribution is 2.30. The standard InChI is InChI=1S/C19H16F2N2O2/c20-17(21)13-7-6-12-8-16(22-15(12)9-13)18(24)23-19(10-25-11-19)14-4-2-1-3-5-14/h1-9,17,22H,10-11H2,(H,23,24). The number of alkyl halides is 2. The number of hydrogen-bond donors (Lipinski definition) is 2. The van der Waals surface area contributed by atoms with Crippen molar-refractivity contribution in [2.45, 2.75) is 12.0 Å². The normalized spacial score (nSPS) is 16.0. The van der Waals surface area contributed by atoms with Gasteiger partial charge in [-0.15, -0.1) is 0 Å². The third-order valence-electron chi connectivity index (χ3n) is 4.52. The molecule has 2 heterocycles. The van der Waals surface area contributed by atoms with Crippen LogP contribution < -0.4 is 5.32 Å². The number of nitrogens with one attached hydrogen (secondary N) is 2. The van der Waals surface area contributed by atoms with E-state index in [1.165, 1.54) is 12.1 Å². The van der Waals surface area contributed by atoms with Crippen molar-refractivity contribution in [3.05, 3.63) is 71.4 Å². The van der Waals surface area contributed by atoms with Gasteiger partial charge in [0, 0.05) is 16.5 Å². The molecule has 1 saturated heterocycles. The molecule has 0 saturated carbocycles. The second-order valence-corrected chi connectivity index (χ2v) is 6.23. The quantitative estimate of drug-likeness (QED) is 0.758. The fraction of sp³-hybridized carbons (Fsp3) is 0.211. The maximum atomic E-state index is 12.8. The van der Waals surface area contributed by atoms with Crippen LogP contribution in [0.4, 0.5) is 8.78 Å². The van der Waals surface area contributed by atoms with Crippen molar-refractivity contribution in [3.8, 4) is 0 Å². The van der Waals surface area contributed by atoms with Crippen molar-refractivity contribution >= 4 is 16.8 Å². The summed E-state index contributed by atoms with van der Waals surface area (Å²) in [4.78, 5) is 15.6. The van der Waals surface area contributed by atoms with E-state index < -0.39 is 12.0 Å². The van der Waals surface area contributed by atoms with Crippen molar-refractivity contribution in [1.82, 2.24) is 10.3 Å². The maximum Gasteiger partial charge on any atom is 0.268 e. The van der Waals surface area contributed by atoms with Gasteiger partial charge in [0.1, 0.15) is 11.2 Å². The molecule has 0 unspecified atom stereocenters. The third kappa shape index (κ3) is 2.78. The number of rotatable bonds is 4. The van der Waals surface area contributed by atoms with Gasteiger partial charge in [0.15, 0.2) is 0 Å². The van der Waals surface area contributed by atoms with Gasteiger partial charge in [-0.2, -0.15) is 0 Å². The summed E-state index contributed by atoms with van der Waals surface area (Å²) in [7, 11) is 0. The van der Waals surface area contributed by atoms with Gasteiger partial charge in [-0.25, -0.2) is 8.78 Å². The molecule has 1 aliphatic heterocycles. The van der Waals surface area contributed by atoms with Gasteiger partial charge in [-0.3, -0.25) is 4.79 Å². The molecule has 4 nitrogen and oxygen atoms in total. The lowest BCUT2D eigenvalue weighted by atomic mass is 9.88. The van der Waals surface area contributed by atoms with Crippen molar-refractivity contribution in [1.29, 1.82) is 0 Å². The lowest BCUT2D eigenvalue weighted by molar-refractivity contribution is -0.0734. The zero-order chi connectivity index (χ0) is 17.4. The van der Waals surface area contributed by atoms with E-state index in [4.69, 9.17) is 4.74 Å². The molecule has 1 fully saturated rings. The molecule has 25 heavy (non-hydrogen) atoms. The molecule has 1 amide bonds. The van der Waals surface area contributed by atoms with Crippen molar-refractivity contribution < 1.29 is 18.3 Å². The number of H-pyrrole nitrogens is 1. The molecule has 2 aromatic carbocycles. The highest BCUT2D eigenvalue weighted by atomic mass is 19.3. The van der Waals surface area contributed by atoms with Crippen LogP contribution in [-0.4, -0.2) is 24.1 Å². The Balaban J connectivity index is 1.61. The first kappa shape index (κ1) is 15.8. The van der Waals surface area contributed by atoms with Crippen molar-refractivity contribution in [2.75, 3.05) is 13.2 Å². The van der Waals surface area contributed by atoms with Gasteiger partial charge in [0.05, 0.1) is 13.2 Å². The summed E-state index contributed by atoms with van der Waals surface area (Å²) >= 11 is 0. The largest absolute Gasteiger partial charge is 0.376 e. The lowest BCUT2D eigenvalue weighted by Gasteiger charge is -2.42. The lowest BCUT2D eigenvalue weighted by Crippen LogP contribution is -2.59. The van der Waals surface area contributed by atoms with Gasteiger partial charge >= 0.3 is 0 Å². The number of fused-ring (bicyclic) bond motifs is 1. The topological polar surface area (TPSA) is 54.1 Å². The van der Waals surface area contributed by atoms with Crippen molar-refractivity contribution in [3.63, 3.8) is 0 Å². The minimum absolute atomic E-state index is 0.0746. The summed E-state index contributed by atoms with van der Waals surface area (Å²) in [6.45, 7) is 0.803. The van der Waals surface area contributed by atoms with E-state index in [9.17, 15) is 13.6 Å². The fourth-order valence-electron chi connectivity index (χ4n) is 3.06. The van der Waals surface area contributed by atoms with Gasteiger partial charge in [0.25, 0.3) is 12.3 Å². The minimum atomic E-state index is -2.54. The minimum Gasteiger partial charge on any atom is -0.376 e. The molecule has 128 valence electrons. The van der Waals surface area contributed by atoms with Crippen LogP contribution in [0.2, 0.25) is 0 Å². The van der Waals surface area contributed by atoms with E-state index in [1.54, 1.807) is 12.1 Å². The first-order valence-corrected chi connectivity index (χ1v) is 7.94. The van der Waals surface area contributed by atoms with E-state index >= 15 is 0 Å². The molecule has 3 aromatic rings. The van der Waals surface area contributed by atoms with E-state index in [0.29, 0.717) is 29.8 Å². The predicted octanol–water partition coefficient (Wildman–Crippen LogP) is 3.76. The van der Waals surface area contributed by atoms with Gasteiger partial charge in [-0.05, 0) is 17.7 Å². The number of aromatic amines is 1.